The molecule has 1 unspecified atom stereocenters. The van der Waals surface area contributed by atoms with Gasteiger partial charge in [0.15, 0.2) is 0 Å². The fourth-order valence-corrected chi connectivity index (χ4v) is 0.698. The van der Waals surface area contributed by atoms with Crippen LogP contribution >= 0.6 is 0 Å². The molecule has 0 aromatic heterocycles. The van der Waals surface area contributed by atoms with Gasteiger partial charge in [-0.2, -0.15) is 0 Å². The highest BCUT2D eigenvalue weighted by Crippen LogP contribution is 2.00. The van der Waals surface area contributed by atoms with E-state index in [2.05, 4.69) is 10.3 Å². The molecule has 1 aliphatic rings. The molecular formula is C5H7N2O2-. The molecule has 50 valence electrons. The number of rotatable bonds is 1. The van der Waals surface area contributed by atoms with Gasteiger partial charge in [0.25, 0.3) is 0 Å². The number of hydrogen-bond acceptors (Lipinski definition) is 3. The Morgan fingerprint density at radius 3 is 2.78 bits per heavy atom. The Morgan fingerprint density at radius 1 is 1.89 bits per heavy atom. The molecule has 0 fully saturated rings. The van der Waals surface area contributed by atoms with E-state index in [1.165, 1.54) is 0 Å². The maximum atomic E-state index is 10.6. The van der Waals surface area contributed by atoms with Crippen molar-refractivity contribution >= 4 is 11.9 Å². The summed E-state index contributed by atoms with van der Waals surface area (Å²) in [6, 6.07) is -0.940. The van der Waals surface area contributed by atoms with Crippen LogP contribution in [0, 0.1) is 0 Å². The van der Waals surface area contributed by atoms with Gasteiger partial charge in [-0.1, -0.05) is 6.92 Å². The van der Waals surface area contributed by atoms with E-state index in [1.807, 2.05) is 6.92 Å². The van der Waals surface area contributed by atoms with Gasteiger partial charge in [0.1, 0.15) is 6.04 Å². The van der Waals surface area contributed by atoms with E-state index in [4.69, 9.17) is 0 Å². The van der Waals surface area contributed by atoms with E-state index in [0.717, 1.165) is 0 Å². The lowest BCUT2D eigenvalue weighted by Crippen LogP contribution is -2.35. The molecule has 0 saturated heterocycles. The van der Waals surface area contributed by atoms with Gasteiger partial charge in [-0.25, -0.2) is 0 Å². The topological polar surface area (TPSA) is 64.5 Å². The van der Waals surface area contributed by atoms with Crippen LogP contribution < -0.4 is 10.4 Å². The highest BCUT2D eigenvalue weighted by molar-refractivity contribution is 6.00. The molecule has 9 heavy (non-hydrogen) atoms. The summed E-state index contributed by atoms with van der Waals surface area (Å²) in [5.74, 6) is -0.275. The lowest BCUT2D eigenvalue weighted by molar-refractivity contribution is -0.220. The first-order chi connectivity index (χ1) is 4.24. The Kier molecular flexibility index (Phi) is 1.38. The Hall–Kier alpha value is -1.06. The second-order valence-electron chi connectivity index (χ2n) is 1.85. The van der Waals surface area contributed by atoms with Crippen LogP contribution in [0.1, 0.15) is 13.3 Å². The second kappa shape index (κ2) is 2.05. The number of nitrogens with one attached hydrogen (secondary N) is 1. The third-order valence-electron chi connectivity index (χ3n) is 1.19. The van der Waals surface area contributed by atoms with Crippen molar-refractivity contribution in [2.24, 2.45) is 4.99 Å². The molecule has 0 radical (unpaired) electrons. The predicted molar refractivity (Wildman–Crippen MR) is 29.7 cm³/mol. The van der Waals surface area contributed by atoms with Crippen LogP contribution in [0.5, 0.6) is 0 Å². The smallest absolute Gasteiger partial charge is 0.249 e. The van der Waals surface area contributed by atoms with E-state index in [9.17, 15) is 9.90 Å². The minimum absolute atomic E-state index is 0.275. The quantitative estimate of drug-likeness (QED) is 0.471. The summed E-state index contributed by atoms with van der Waals surface area (Å²) in [5.41, 5.74) is 0. The molecular weight excluding hydrogens is 120 g/mol. The van der Waals surface area contributed by atoms with E-state index >= 15 is 0 Å². The van der Waals surface area contributed by atoms with E-state index in [1.54, 1.807) is 0 Å². The SMILES string of the molecule is CCC1N=C([O-])NC1=O. The maximum Gasteiger partial charge on any atom is 0.249 e. The van der Waals surface area contributed by atoms with E-state index in [0.29, 0.717) is 6.42 Å². The predicted octanol–water partition coefficient (Wildman–Crippen LogP) is -1.39. The molecule has 0 aromatic carbocycles. The van der Waals surface area contributed by atoms with Gasteiger partial charge < -0.3 is 10.4 Å². The zero-order valence-electron chi connectivity index (χ0n) is 5.05. The normalized spacial score (nSPS) is 25.7. The van der Waals surface area contributed by atoms with Gasteiger partial charge in [-0.3, -0.25) is 9.79 Å². The zero-order valence-corrected chi connectivity index (χ0v) is 5.05. The molecule has 4 nitrogen and oxygen atoms in total. The van der Waals surface area contributed by atoms with Crippen LogP contribution in [0.2, 0.25) is 0 Å². The second-order valence-corrected chi connectivity index (χ2v) is 1.85. The fraction of sp³-hybridized carbons (Fsp3) is 0.600. The van der Waals surface area contributed by atoms with Crippen molar-refractivity contribution in [2.45, 2.75) is 19.4 Å². The van der Waals surface area contributed by atoms with Crippen LogP contribution in [-0.2, 0) is 4.79 Å². The first-order valence-corrected chi connectivity index (χ1v) is 2.79. The van der Waals surface area contributed by atoms with Gasteiger partial charge in [0.2, 0.25) is 5.91 Å². The van der Waals surface area contributed by atoms with Gasteiger partial charge in [-0.05, 0) is 6.42 Å². The van der Waals surface area contributed by atoms with Crippen molar-refractivity contribution in [3.8, 4) is 0 Å². The highest BCUT2D eigenvalue weighted by Gasteiger charge is 2.19. The van der Waals surface area contributed by atoms with Gasteiger partial charge in [0.05, 0.1) is 6.02 Å². The minimum atomic E-state index is -0.508. The standard InChI is InChI=1S/C5H8N2O2/c1-2-3-4(8)7-5(9)6-3/h3H,2H2,1H3,(H2,6,7,8,9)/p-1. The first-order valence-electron chi connectivity index (χ1n) is 2.79. The Bertz CT molecular complexity index is 164. The lowest BCUT2D eigenvalue weighted by atomic mass is 10.2. The molecule has 0 aromatic rings. The minimum Gasteiger partial charge on any atom is -0.846 e. The van der Waals surface area contributed by atoms with Crippen LogP contribution in [0.15, 0.2) is 4.99 Å². The summed E-state index contributed by atoms with van der Waals surface area (Å²) in [4.78, 5) is 14.1. The monoisotopic (exact) mass is 127 g/mol. The molecule has 0 saturated carbocycles. The first kappa shape index (κ1) is 6.07. The van der Waals surface area contributed by atoms with Gasteiger partial charge >= 0.3 is 0 Å². The summed E-state index contributed by atoms with van der Waals surface area (Å²) in [6.07, 6.45) is 0.595. The van der Waals surface area contributed by atoms with Crippen molar-refractivity contribution in [3.05, 3.63) is 0 Å². The van der Waals surface area contributed by atoms with E-state index in [-0.39, 0.29) is 5.91 Å². The fourth-order valence-electron chi connectivity index (χ4n) is 0.698. The Morgan fingerprint density at radius 2 is 2.56 bits per heavy atom. The molecule has 1 heterocycles. The molecule has 1 N–H and O–H groups in total. The van der Waals surface area contributed by atoms with Crippen molar-refractivity contribution in [3.63, 3.8) is 0 Å². The number of amides is 1. The maximum absolute atomic E-state index is 10.6. The van der Waals surface area contributed by atoms with Crippen LogP contribution in [0.3, 0.4) is 0 Å². The summed E-state index contributed by atoms with van der Waals surface area (Å²) >= 11 is 0. The average molecular weight is 127 g/mol. The lowest BCUT2D eigenvalue weighted by Gasteiger charge is -1.99. The van der Waals surface area contributed by atoms with Gasteiger partial charge in [0, 0.05) is 0 Å². The molecule has 4 heteroatoms. The number of amidine groups is 1. The van der Waals surface area contributed by atoms with Crippen LogP contribution in [0.25, 0.3) is 0 Å². The zero-order chi connectivity index (χ0) is 6.85. The van der Waals surface area contributed by atoms with Crippen LogP contribution in [-0.4, -0.2) is 18.0 Å². The van der Waals surface area contributed by atoms with Crippen molar-refractivity contribution in [1.29, 1.82) is 0 Å². The Labute approximate surface area is 52.6 Å². The average Bonchev–Trinajstić information content (AvgIpc) is 2.10. The summed E-state index contributed by atoms with van der Waals surface area (Å²) in [5, 5.41) is 12.4. The van der Waals surface area contributed by atoms with Crippen molar-refractivity contribution < 1.29 is 9.90 Å². The largest absolute Gasteiger partial charge is 0.846 e. The Balaban J connectivity index is 2.64. The van der Waals surface area contributed by atoms with Crippen LogP contribution in [0.4, 0.5) is 0 Å². The van der Waals surface area contributed by atoms with Crippen molar-refractivity contribution in [1.82, 2.24) is 5.32 Å². The number of aliphatic imine (C=N–C) groups is 1. The summed E-state index contributed by atoms with van der Waals surface area (Å²) < 4.78 is 0. The molecule has 0 spiro atoms. The molecule has 0 bridgehead atoms. The molecule has 1 aliphatic heterocycles. The third-order valence-corrected chi connectivity index (χ3v) is 1.19. The molecule has 1 atom stereocenters. The molecule has 0 aliphatic carbocycles. The molecule has 1 amide bonds. The highest BCUT2D eigenvalue weighted by atomic mass is 16.3. The van der Waals surface area contributed by atoms with E-state index < -0.39 is 12.1 Å². The van der Waals surface area contributed by atoms with Gasteiger partial charge in [-0.15, -0.1) is 0 Å². The number of carbonyl (C=O) groups excluding carboxylic acids is 1. The number of nitrogens with zero attached hydrogens (tertiary/aromatic N) is 1. The number of carbonyl (C=O) groups is 1. The third kappa shape index (κ3) is 1.01. The van der Waals surface area contributed by atoms with Crippen molar-refractivity contribution in [2.75, 3.05) is 0 Å². The number of hydrogen-bond donors (Lipinski definition) is 1. The summed E-state index contributed by atoms with van der Waals surface area (Å²) in [7, 11) is 0. The molecule has 1 rings (SSSR count). The summed E-state index contributed by atoms with van der Waals surface area (Å²) in [6.45, 7) is 1.81.